The van der Waals surface area contributed by atoms with Crippen LogP contribution >= 0.6 is 11.6 Å². The summed E-state index contributed by atoms with van der Waals surface area (Å²) in [5.74, 6) is 3.01. The zero-order chi connectivity index (χ0) is 30.0. The maximum atomic E-state index is 13.3. The van der Waals surface area contributed by atoms with Crippen molar-refractivity contribution in [2.45, 2.75) is 50.3 Å². The van der Waals surface area contributed by atoms with Crippen LogP contribution in [0.5, 0.6) is 0 Å². The molecule has 9 nitrogen and oxygen atoms in total. The maximum absolute atomic E-state index is 13.3. The predicted octanol–water partition coefficient (Wildman–Crippen LogP) is 3.21. The summed E-state index contributed by atoms with van der Waals surface area (Å²) in [7, 11) is 0. The second-order valence-electron chi connectivity index (χ2n) is 9.04. The average Bonchev–Trinajstić information content (AvgIpc) is 3.17. The molecule has 16 heteroatoms. The number of aliphatic hydroxyl groups is 1. The van der Waals surface area contributed by atoms with Crippen LogP contribution in [0.1, 0.15) is 24.5 Å². The van der Waals surface area contributed by atoms with Gasteiger partial charge in [-0.05, 0) is 42.8 Å². The van der Waals surface area contributed by atoms with E-state index in [1.165, 1.54) is 37.3 Å². The van der Waals surface area contributed by atoms with Crippen LogP contribution in [-0.4, -0.2) is 43.4 Å². The van der Waals surface area contributed by atoms with Gasteiger partial charge in [0.05, 0.1) is 17.5 Å². The Balaban J connectivity index is 2.00. The second kappa shape index (κ2) is 11.4. The average molecular weight is 594 g/mol. The summed E-state index contributed by atoms with van der Waals surface area (Å²) < 4.78 is 80.0. The molecule has 1 heterocycles. The van der Waals surface area contributed by atoms with Gasteiger partial charge >= 0.3 is 18.0 Å². The first-order chi connectivity index (χ1) is 18.5. The second-order valence-corrected chi connectivity index (χ2v) is 9.47. The molecule has 2 aromatic carbocycles. The molecule has 216 valence electrons. The third-order valence-corrected chi connectivity index (χ3v) is 6.35. The van der Waals surface area contributed by atoms with Crippen molar-refractivity contribution < 1.29 is 41.0 Å². The van der Waals surface area contributed by atoms with Crippen LogP contribution < -0.4 is 17.0 Å². The van der Waals surface area contributed by atoms with Gasteiger partial charge in [-0.25, -0.2) is 15.3 Å². The molecule has 40 heavy (non-hydrogen) atoms. The lowest BCUT2D eigenvalue weighted by Gasteiger charge is -2.28. The fraction of sp³-hybridized carbons (Fsp3) is 0.333. The van der Waals surface area contributed by atoms with Crippen LogP contribution in [0.2, 0.25) is 5.02 Å². The number of carbonyl (C=O) groups excluding carboxylic acids is 2. The van der Waals surface area contributed by atoms with Gasteiger partial charge in [0.2, 0.25) is 5.91 Å². The number of amides is 1. The molecule has 0 saturated heterocycles. The number of rotatable bonds is 9. The molecule has 3 aromatic rings. The smallest absolute Gasteiger partial charge is 0.382 e. The van der Waals surface area contributed by atoms with Crippen LogP contribution in [-0.2, 0) is 34.3 Å². The minimum Gasteiger partial charge on any atom is -0.382 e. The number of aliphatic hydroxyl groups excluding tert-OH is 1. The molecule has 0 aliphatic heterocycles. The fourth-order valence-corrected chi connectivity index (χ4v) is 4.05. The number of Topliss-reactive ketones (excluding diaryl/α,β-unsaturated/α-hetero) is 1. The Morgan fingerprint density at radius 2 is 1.68 bits per heavy atom. The summed E-state index contributed by atoms with van der Waals surface area (Å²) in [6.45, 7) is -0.935. The maximum Gasteiger partial charge on any atom is 0.416 e. The number of ketones is 1. The van der Waals surface area contributed by atoms with Crippen LogP contribution in [0.25, 0.3) is 11.4 Å². The van der Waals surface area contributed by atoms with Gasteiger partial charge in [-0.1, -0.05) is 29.8 Å². The molecule has 1 aromatic heterocycles. The first kappa shape index (κ1) is 30.8. The third-order valence-electron chi connectivity index (χ3n) is 6.09. The number of nitrogens with zero attached hydrogens (tertiary/aromatic N) is 3. The van der Waals surface area contributed by atoms with Crippen molar-refractivity contribution in [3.63, 3.8) is 0 Å². The van der Waals surface area contributed by atoms with E-state index in [0.29, 0.717) is 15.3 Å². The summed E-state index contributed by atoms with van der Waals surface area (Å²) in [6, 6.07) is 9.14. The number of nitrogens with two attached hydrogens (primary N) is 1. The minimum absolute atomic E-state index is 0.137. The number of halogens is 7. The van der Waals surface area contributed by atoms with Crippen molar-refractivity contribution in [1.29, 1.82) is 0 Å². The number of benzene rings is 2. The lowest BCUT2D eigenvalue weighted by Crippen LogP contribution is -2.47. The molecule has 0 aliphatic rings. The zero-order valence-corrected chi connectivity index (χ0v) is 21.3. The van der Waals surface area contributed by atoms with E-state index in [4.69, 9.17) is 17.4 Å². The van der Waals surface area contributed by atoms with E-state index in [9.17, 15) is 45.8 Å². The highest BCUT2D eigenvalue weighted by atomic mass is 35.5. The number of carbonyl (C=O) groups is 2. The lowest BCUT2D eigenvalue weighted by atomic mass is 9.77. The molecule has 0 bridgehead atoms. The standard InChI is InChI=1S/C24H22ClF6N5O4/c1-22(20(39)33-32,14-3-2-4-15(9-14)23(26,27)28)10-17(37)11-36-21(40)35(12-18(38)24(29,30)31)19(34-36)13-5-7-16(25)8-6-13/h2-9,18,38H,10-12,32H2,1H3,(H,33,39)/t18-,22+/m0/s1. The molecule has 0 radical (unpaired) electrons. The quantitative estimate of drug-likeness (QED) is 0.151. The number of hydrogen-bond acceptors (Lipinski definition) is 6. The van der Waals surface area contributed by atoms with Crippen LogP contribution in [0.4, 0.5) is 26.3 Å². The normalized spacial score (nSPS) is 14.4. The SMILES string of the molecule is C[C@](CC(=O)Cn1nc(-c2ccc(Cl)cc2)n(C[C@H](O)C(F)(F)F)c1=O)(C(=O)NN)c1cccc(C(F)(F)F)c1. The topological polar surface area (TPSA) is 132 Å². The van der Waals surface area contributed by atoms with Crippen LogP contribution in [0.15, 0.2) is 53.3 Å². The summed E-state index contributed by atoms with van der Waals surface area (Å²) in [6.07, 6.45) is -13.5. The third kappa shape index (κ3) is 6.71. The van der Waals surface area contributed by atoms with Gasteiger partial charge in [-0.3, -0.25) is 19.6 Å². The Labute approximate surface area is 227 Å². The summed E-state index contributed by atoms with van der Waals surface area (Å²) in [5.41, 5.74) is -2.45. The largest absolute Gasteiger partial charge is 0.416 e. The van der Waals surface area contributed by atoms with Crippen LogP contribution in [0, 0.1) is 0 Å². The molecule has 1 amide bonds. The van der Waals surface area contributed by atoms with E-state index in [1.54, 1.807) is 0 Å². The number of aromatic nitrogens is 3. The Morgan fingerprint density at radius 3 is 2.23 bits per heavy atom. The van der Waals surface area contributed by atoms with E-state index in [2.05, 4.69) is 5.10 Å². The lowest BCUT2D eigenvalue weighted by molar-refractivity contribution is -0.207. The van der Waals surface area contributed by atoms with Gasteiger partial charge in [0, 0.05) is 17.0 Å². The van der Waals surface area contributed by atoms with Gasteiger partial charge in [0.25, 0.3) is 0 Å². The van der Waals surface area contributed by atoms with Crippen molar-refractivity contribution in [3.05, 3.63) is 75.2 Å². The molecule has 4 N–H and O–H groups in total. The van der Waals surface area contributed by atoms with Gasteiger partial charge < -0.3 is 5.11 Å². The Morgan fingerprint density at radius 1 is 1.07 bits per heavy atom. The Hall–Kier alpha value is -3.69. The summed E-state index contributed by atoms with van der Waals surface area (Å²) in [4.78, 5) is 38.7. The minimum atomic E-state index is -5.07. The number of hydrogen-bond donors (Lipinski definition) is 3. The fourth-order valence-electron chi connectivity index (χ4n) is 3.93. The van der Waals surface area contributed by atoms with Crippen molar-refractivity contribution in [3.8, 4) is 11.4 Å². The van der Waals surface area contributed by atoms with Crippen LogP contribution in [0.3, 0.4) is 0 Å². The molecule has 0 spiro atoms. The van der Waals surface area contributed by atoms with Crippen molar-refractivity contribution in [2.75, 3.05) is 0 Å². The summed E-state index contributed by atoms with van der Waals surface area (Å²) >= 11 is 5.84. The highest BCUT2D eigenvalue weighted by Gasteiger charge is 2.41. The first-order valence-corrected chi connectivity index (χ1v) is 11.7. The molecule has 0 unspecified atom stereocenters. The first-order valence-electron chi connectivity index (χ1n) is 11.4. The Kier molecular flexibility index (Phi) is 8.81. The van der Waals surface area contributed by atoms with Crippen molar-refractivity contribution in [2.24, 2.45) is 5.84 Å². The Bertz CT molecular complexity index is 1450. The summed E-state index contributed by atoms with van der Waals surface area (Å²) in [5, 5.41) is 13.8. The van der Waals surface area contributed by atoms with Gasteiger partial charge in [-0.2, -0.15) is 26.3 Å². The zero-order valence-electron chi connectivity index (χ0n) is 20.6. The van der Waals surface area contributed by atoms with E-state index in [1.807, 2.05) is 5.43 Å². The molecule has 0 aliphatic carbocycles. The monoisotopic (exact) mass is 593 g/mol. The predicted molar refractivity (Wildman–Crippen MR) is 130 cm³/mol. The molecular weight excluding hydrogens is 572 g/mol. The highest BCUT2D eigenvalue weighted by molar-refractivity contribution is 6.30. The molecular formula is C24H22ClF6N5O4. The van der Waals surface area contributed by atoms with Crippen molar-refractivity contribution in [1.82, 2.24) is 19.8 Å². The molecule has 0 saturated carbocycles. The van der Waals surface area contributed by atoms with Crippen molar-refractivity contribution >= 4 is 23.3 Å². The molecule has 0 fully saturated rings. The number of alkyl halides is 6. The molecule has 3 rings (SSSR count). The van der Waals surface area contributed by atoms with E-state index in [0.717, 1.165) is 12.1 Å². The van der Waals surface area contributed by atoms with Gasteiger partial charge in [0.1, 0.15) is 6.54 Å². The number of nitrogens with one attached hydrogen (secondary N) is 1. The highest BCUT2D eigenvalue weighted by Crippen LogP contribution is 2.35. The van der Waals surface area contributed by atoms with Gasteiger partial charge in [-0.15, -0.1) is 5.10 Å². The molecule has 2 atom stereocenters. The van der Waals surface area contributed by atoms with E-state index >= 15 is 0 Å². The van der Waals surface area contributed by atoms with E-state index < -0.39 is 66.3 Å². The van der Waals surface area contributed by atoms with Gasteiger partial charge in [0.15, 0.2) is 17.7 Å². The van der Waals surface area contributed by atoms with E-state index in [-0.39, 0.29) is 22.0 Å². The number of hydrazine groups is 1.